The summed E-state index contributed by atoms with van der Waals surface area (Å²) in [5, 5.41) is 2.85. The van der Waals surface area contributed by atoms with Gasteiger partial charge in [-0.3, -0.25) is 14.4 Å². The van der Waals surface area contributed by atoms with Gasteiger partial charge in [0.2, 0.25) is 5.78 Å². The molecule has 6 nitrogen and oxygen atoms in total. The van der Waals surface area contributed by atoms with E-state index in [2.05, 4.69) is 5.32 Å². The molecule has 2 atom stereocenters. The minimum atomic E-state index is -1.59. The van der Waals surface area contributed by atoms with Crippen molar-refractivity contribution in [2.24, 2.45) is 5.92 Å². The van der Waals surface area contributed by atoms with Crippen molar-refractivity contribution in [2.75, 3.05) is 5.32 Å². The van der Waals surface area contributed by atoms with Crippen LogP contribution in [-0.4, -0.2) is 23.4 Å². The first-order valence-corrected chi connectivity index (χ1v) is 14.2. The molecule has 4 aromatic carbocycles. The van der Waals surface area contributed by atoms with Crippen molar-refractivity contribution in [1.82, 2.24) is 0 Å². The van der Waals surface area contributed by atoms with Gasteiger partial charge in [0.15, 0.2) is 5.78 Å². The van der Waals surface area contributed by atoms with Crippen molar-refractivity contribution in [3.63, 3.8) is 0 Å². The van der Waals surface area contributed by atoms with Gasteiger partial charge in [0, 0.05) is 16.8 Å². The Labute approximate surface area is 245 Å². The number of cyclic esters (lactones) is 1. The second-order valence-corrected chi connectivity index (χ2v) is 11.1. The molecule has 6 heteroatoms. The average Bonchev–Trinajstić information content (AvgIpc) is 3.33. The van der Waals surface area contributed by atoms with Crippen molar-refractivity contribution in [3.05, 3.63) is 125 Å². The molecular weight excluding hydrogens is 526 g/mol. The van der Waals surface area contributed by atoms with Crippen molar-refractivity contribution in [3.8, 4) is 11.1 Å². The average molecular weight is 560 g/mol. The van der Waals surface area contributed by atoms with E-state index in [1.807, 2.05) is 82.3 Å². The van der Waals surface area contributed by atoms with Gasteiger partial charge in [-0.05, 0) is 40.2 Å². The van der Waals surface area contributed by atoms with E-state index in [-0.39, 0.29) is 23.0 Å². The van der Waals surface area contributed by atoms with Gasteiger partial charge in [0.25, 0.3) is 5.91 Å². The number of esters is 1. The van der Waals surface area contributed by atoms with E-state index >= 15 is 0 Å². The number of ether oxygens (including phenoxy) is 1. The molecule has 212 valence electrons. The Bertz CT molecular complexity index is 1650. The molecule has 5 rings (SSSR count). The molecule has 0 radical (unpaired) electrons. The lowest BCUT2D eigenvalue weighted by molar-refractivity contribution is -0.138. The first-order chi connectivity index (χ1) is 20.2. The summed E-state index contributed by atoms with van der Waals surface area (Å²) in [7, 11) is 0. The maximum atomic E-state index is 14.4. The summed E-state index contributed by atoms with van der Waals surface area (Å²) in [6.45, 7) is 8.05. The fraction of sp³-hybridized carbons (Fsp3) is 0.222. The van der Waals surface area contributed by atoms with Gasteiger partial charge in [-0.1, -0.05) is 119 Å². The minimum Gasteiger partial charge on any atom is -0.453 e. The molecule has 0 fully saturated rings. The Balaban J connectivity index is 1.60. The van der Waals surface area contributed by atoms with Crippen LogP contribution in [0.1, 0.15) is 83.0 Å². The predicted molar refractivity (Wildman–Crippen MR) is 163 cm³/mol. The number of amides is 1. The number of para-hydroxylation sites is 1. The number of benzene rings is 4. The maximum absolute atomic E-state index is 14.4. The lowest BCUT2D eigenvalue weighted by Gasteiger charge is -2.24. The Kier molecular flexibility index (Phi) is 8.16. The highest BCUT2D eigenvalue weighted by Gasteiger charge is 2.46. The highest BCUT2D eigenvalue weighted by atomic mass is 16.5. The number of ketones is 2. The number of rotatable bonds is 9. The van der Waals surface area contributed by atoms with Crippen LogP contribution in [0.15, 0.2) is 97.1 Å². The summed E-state index contributed by atoms with van der Waals surface area (Å²) in [6, 6.07) is 28.7. The van der Waals surface area contributed by atoms with Crippen molar-refractivity contribution in [2.45, 2.75) is 45.6 Å². The molecular formula is C36H33NO5. The molecule has 4 aromatic rings. The van der Waals surface area contributed by atoms with Crippen LogP contribution >= 0.6 is 0 Å². The van der Waals surface area contributed by atoms with Crippen LogP contribution in [-0.2, 0) is 14.3 Å². The molecule has 1 aliphatic heterocycles. The number of nitrogens with one attached hydrogen (secondary N) is 1. The predicted octanol–water partition coefficient (Wildman–Crippen LogP) is 7.52. The standard InChI is InChI=1S/C36H33NO5/c1-21(2)24-19-12-20-25(22(3)4)31(24)37-35(40)33(39)30(34-28-17-10-11-18-29(28)36(41)42-34)32(38)27-16-9-8-15-26(27)23-13-6-5-7-14-23/h5-22,30,34H,1-4H3,(H,37,40)/t30-,34+/m1/s1. The van der Waals surface area contributed by atoms with E-state index in [0.29, 0.717) is 16.8 Å². The summed E-state index contributed by atoms with van der Waals surface area (Å²) in [5.41, 5.74) is 4.69. The zero-order chi connectivity index (χ0) is 30.0. The summed E-state index contributed by atoms with van der Waals surface area (Å²) < 4.78 is 5.67. The summed E-state index contributed by atoms with van der Waals surface area (Å²) >= 11 is 0. The fourth-order valence-corrected chi connectivity index (χ4v) is 5.56. The van der Waals surface area contributed by atoms with Gasteiger partial charge in [0.1, 0.15) is 12.0 Å². The van der Waals surface area contributed by atoms with Gasteiger partial charge in [0.05, 0.1) is 5.56 Å². The van der Waals surface area contributed by atoms with Gasteiger partial charge in [-0.25, -0.2) is 4.79 Å². The molecule has 0 aromatic heterocycles. The van der Waals surface area contributed by atoms with Gasteiger partial charge < -0.3 is 10.1 Å². The lowest BCUT2D eigenvalue weighted by Crippen LogP contribution is -2.38. The van der Waals surface area contributed by atoms with E-state index in [4.69, 9.17) is 4.74 Å². The largest absolute Gasteiger partial charge is 0.453 e. The molecule has 0 saturated carbocycles. The number of hydrogen-bond donors (Lipinski definition) is 1. The van der Waals surface area contributed by atoms with Crippen LogP contribution in [0.4, 0.5) is 5.69 Å². The van der Waals surface area contributed by atoms with Crippen LogP contribution in [0.3, 0.4) is 0 Å². The molecule has 0 aliphatic carbocycles. The third-order valence-corrected chi connectivity index (χ3v) is 7.70. The van der Waals surface area contributed by atoms with Gasteiger partial charge >= 0.3 is 5.97 Å². The molecule has 1 aliphatic rings. The van der Waals surface area contributed by atoms with Gasteiger partial charge in [-0.15, -0.1) is 0 Å². The Morgan fingerprint density at radius 2 is 1.26 bits per heavy atom. The SMILES string of the molecule is CC(C)c1cccc(C(C)C)c1NC(=O)C(=O)[C@@H](C(=O)c1ccccc1-c1ccccc1)[C@H]1OC(=O)c2ccccc21. The van der Waals surface area contributed by atoms with Crippen LogP contribution < -0.4 is 5.32 Å². The molecule has 1 amide bonds. The number of Topliss-reactive ketones (excluding diaryl/α,β-unsaturated/α-hetero) is 2. The number of fused-ring (bicyclic) bond motifs is 1. The monoisotopic (exact) mass is 559 g/mol. The number of carbonyl (C=O) groups is 4. The smallest absolute Gasteiger partial charge is 0.339 e. The first kappa shape index (κ1) is 28.7. The number of carbonyl (C=O) groups excluding carboxylic acids is 4. The zero-order valence-electron chi connectivity index (χ0n) is 24.1. The summed E-state index contributed by atoms with van der Waals surface area (Å²) in [6.07, 6.45) is -1.24. The molecule has 42 heavy (non-hydrogen) atoms. The molecule has 1 N–H and O–H groups in total. The Morgan fingerprint density at radius 3 is 1.90 bits per heavy atom. The van der Waals surface area contributed by atoms with Crippen molar-refractivity contribution >= 4 is 29.1 Å². The maximum Gasteiger partial charge on any atom is 0.339 e. The van der Waals surface area contributed by atoms with Crippen LogP contribution in [0.5, 0.6) is 0 Å². The topological polar surface area (TPSA) is 89.5 Å². The van der Waals surface area contributed by atoms with Crippen molar-refractivity contribution < 1.29 is 23.9 Å². The molecule has 1 heterocycles. The third kappa shape index (κ3) is 5.40. The second-order valence-electron chi connectivity index (χ2n) is 11.1. The van der Waals surface area contributed by atoms with E-state index in [9.17, 15) is 19.2 Å². The third-order valence-electron chi connectivity index (χ3n) is 7.70. The normalized spacial score (nSPS) is 14.8. The molecule has 0 spiro atoms. The summed E-state index contributed by atoms with van der Waals surface area (Å²) in [5.74, 6) is -4.56. The van der Waals surface area contributed by atoms with E-state index in [1.54, 1.807) is 42.5 Å². The highest BCUT2D eigenvalue weighted by Crippen LogP contribution is 2.40. The first-order valence-electron chi connectivity index (χ1n) is 14.2. The molecule has 0 unspecified atom stereocenters. The van der Waals surface area contributed by atoms with Crippen LogP contribution in [0, 0.1) is 5.92 Å². The van der Waals surface area contributed by atoms with E-state index in [1.165, 1.54) is 0 Å². The molecule has 0 saturated heterocycles. The number of hydrogen-bond acceptors (Lipinski definition) is 5. The van der Waals surface area contributed by atoms with E-state index in [0.717, 1.165) is 16.7 Å². The minimum absolute atomic E-state index is 0.0759. The highest BCUT2D eigenvalue weighted by molar-refractivity contribution is 6.45. The Hall–Kier alpha value is -4.84. The van der Waals surface area contributed by atoms with Crippen LogP contribution in [0.2, 0.25) is 0 Å². The van der Waals surface area contributed by atoms with Crippen molar-refractivity contribution in [1.29, 1.82) is 0 Å². The zero-order valence-corrected chi connectivity index (χ0v) is 24.1. The van der Waals surface area contributed by atoms with Crippen LogP contribution in [0.25, 0.3) is 11.1 Å². The number of anilines is 1. The fourth-order valence-electron chi connectivity index (χ4n) is 5.56. The molecule has 0 bridgehead atoms. The van der Waals surface area contributed by atoms with E-state index < -0.39 is 35.5 Å². The second kappa shape index (κ2) is 12.0. The Morgan fingerprint density at radius 1 is 0.690 bits per heavy atom. The summed E-state index contributed by atoms with van der Waals surface area (Å²) in [4.78, 5) is 55.1. The quantitative estimate of drug-likeness (QED) is 0.0992. The lowest BCUT2D eigenvalue weighted by atomic mass is 9.82. The van der Waals surface area contributed by atoms with Gasteiger partial charge in [-0.2, -0.15) is 0 Å².